The van der Waals surface area contributed by atoms with Gasteiger partial charge in [-0.05, 0) is 31.4 Å². The molecule has 5 unspecified atom stereocenters. The van der Waals surface area contributed by atoms with Gasteiger partial charge in [-0.1, -0.05) is 18.2 Å². The van der Waals surface area contributed by atoms with Gasteiger partial charge in [0.05, 0.1) is 18.6 Å². The van der Waals surface area contributed by atoms with Gasteiger partial charge in [0.25, 0.3) is 0 Å². The standard InChI is InChI=1S/C24H32N6O9/c1-11(31)20(30-21(35)14(25)8-12-10-27-15-5-3-2-4-13(12)15)23(37)28-16(6-7-19(33)34)22(36)29-17(24(38)39)9-18(26)32/h2-5,10-11,14,16-17,20,27,31H,6-9,25H2,1H3,(H2,26,32)(H,28,37)(H,29,36)(H,30,35)(H,33,34)(H,38,39). The number of hydrogen-bond acceptors (Lipinski definition) is 8. The number of nitrogens with two attached hydrogens (primary N) is 2. The van der Waals surface area contributed by atoms with Crippen molar-refractivity contribution < 1.29 is 44.1 Å². The number of aromatic amines is 1. The second-order valence-corrected chi connectivity index (χ2v) is 8.96. The fraction of sp³-hybridized carbons (Fsp3) is 0.417. The van der Waals surface area contributed by atoms with E-state index in [4.69, 9.17) is 16.6 Å². The second kappa shape index (κ2) is 13.9. The first-order chi connectivity index (χ1) is 18.3. The van der Waals surface area contributed by atoms with E-state index < -0.39 is 85.1 Å². The number of hydrogen-bond donors (Lipinski definition) is 9. The van der Waals surface area contributed by atoms with Gasteiger partial charge in [0.2, 0.25) is 23.6 Å². The number of nitrogens with one attached hydrogen (secondary N) is 4. The number of aromatic nitrogens is 1. The predicted molar refractivity (Wildman–Crippen MR) is 136 cm³/mol. The van der Waals surface area contributed by atoms with Gasteiger partial charge < -0.3 is 47.7 Å². The van der Waals surface area contributed by atoms with Crippen LogP contribution < -0.4 is 27.4 Å². The number of H-pyrrole nitrogens is 1. The van der Waals surface area contributed by atoms with Crippen molar-refractivity contribution in [1.29, 1.82) is 0 Å². The summed E-state index contributed by atoms with van der Waals surface area (Å²) >= 11 is 0. The number of aliphatic carboxylic acids is 2. The number of aliphatic hydroxyl groups excluding tert-OH is 1. The zero-order valence-corrected chi connectivity index (χ0v) is 21.0. The van der Waals surface area contributed by atoms with Crippen molar-refractivity contribution in [2.45, 2.75) is 62.9 Å². The molecule has 0 aliphatic rings. The molecule has 1 heterocycles. The Balaban J connectivity index is 2.12. The Bertz CT molecular complexity index is 1230. The van der Waals surface area contributed by atoms with Crippen LogP contribution in [0.2, 0.25) is 0 Å². The fourth-order valence-corrected chi connectivity index (χ4v) is 3.77. The average Bonchev–Trinajstić information content (AvgIpc) is 3.26. The number of carbonyl (C=O) groups is 6. The molecule has 2 aromatic rings. The first-order valence-electron chi connectivity index (χ1n) is 11.9. The molecule has 0 radical (unpaired) electrons. The van der Waals surface area contributed by atoms with Crippen molar-refractivity contribution in [3.05, 3.63) is 36.0 Å². The number of rotatable bonds is 15. The predicted octanol–water partition coefficient (Wildman–Crippen LogP) is -2.30. The van der Waals surface area contributed by atoms with E-state index in [2.05, 4.69) is 15.6 Å². The molecule has 5 atom stereocenters. The maximum Gasteiger partial charge on any atom is 0.326 e. The van der Waals surface area contributed by atoms with Crippen LogP contribution in [0, 0.1) is 0 Å². The van der Waals surface area contributed by atoms with Gasteiger partial charge >= 0.3 is 11.9 Å². The van der Waals surface area contributed by atoms with Crippen LogP contribution >= 0.6 is 0 Å². The van der Waals surface area contributed by atoms with Crippen LogP contribution in [0.1, 0.15) is 31.7 Å². The third kappa shape index (κ3) is 9.08. The lowest BCUT2D eigenvalue weighted by molar-refractivity contribution is -0.144. The van der Waals surface area contributed by atoms with E-state index in [1.807, 2.05) is 29.6 Å². The molecular formula is C24H32N6O9. The lowest BCUT2D eigenvalue weighted by Crippen LogP contribution is -2.60. The highest BCUT2D eigenvalue weighted by Crippen LogP contribution is 2.18. The molecule has 0 saturated heterocycles. The minimum Gasteiger partial charge on any atom is -0.481 e. The van der Waals surface area contributed by atoms with Gasteiger partial charge in [-0.15, -0.1) is 0 Å². The number of carboxylic acid groups (broad SMARTS) is 2. The number of aliphatic hydroxyl groups is 1. The Kier molecular flexibility index (Phi) is 10.9. The smallest absolute Gasteiger partial charge is 0.326 e. The van der Waals surface area contributed by atoms with Crippen LogP contribution in [0.4, 0.5) is 0 Å². The lowest BCUT2D eigenvalue weighted by Gasteiger charge is -2.26. The van der Waals surface area contributed by atoms with Crippen LogP contribution in [0.25, 0.3) is 10.9 Å². The summed E-state index contributed by atoms with van der Waals surface area (Å²) in [5.41, 5.74) is 12.6. The fourth-order valence-electron chi connectivity index (χ4n) is 3.77. The summed E-state index contributed by atoms with van der Waals surface area (Å²) in [6.45, 7) is 1.20. The molecule has 4 amide bonds. The first-order valence-corrected chi connectivity index (χ1v) is 11.9. The lowest BCUT2D eigenvalue weighted by atomic mass is 10.0. The summed E-state index contributed by atoms with van der Waals surface area (Å²) < 4.78 is 0. The molecule has 15 heteroatoms. The van der Waals surface area contributed by atoms with Gasteiger partial charge in [0, 0.05) is 23.5 Å². The molecule has 39 heavy (non-hydrogen) atoms. The maximum atomic E-state index is 12.9. The van der Waals surface area contributed by atoms with Crippen LogP contribution in [0.5, 0.6) is 0 Å². The van der Waals surface area contributed by atoms with Crippen molar-refractivity contribution in [2.24, 2.45) is 11.5 Å². The zero-order chi connectivity index (χ0) is 29.3. The topological polar surface area (TPSA) is 267 Å². The Morgan fingerprint density at radius 1 is 0.949 bits per heavy atom. The van der Waals surface area contributed by atoms with E-state index in [1.54, 1.807) is 6.20 Å². The normalized spacial score (nSPS) is 14.8. The molecule has 1 aromatic carbocycles. The van der Waals surface area contributed by atoms with Crippen LogP contribution in [-0.2, 0) is 35.2 Å². The van der Waals surface area contributed by atoms with Gasteiger partial charge in [0.1, 0.15) is 18.1 Å². The maximum absolute atomic E-state index is 12.9. The number of fused-ring (bicyclic) bond motifs is 1. The molecule has 0 aliphatic carbocycles. The van der Waals surface area contributed by atoms with Crippen molar-refractivity contribution in [3.63, 3.8) is 0 Å². The summed E-state index contributed by atoms with van der Waals surface area (Å²) in [5.74, 6) is -6.84. The van der Waals surface area contributed by atoms with Crippen LogP contribution in [0.15, 0.2) is 30.5 Å². The molecule has 212 valence electrons. The molecule has 15 nitrogen and oxygen atoms in total. The summed E-state index contributed by atoms with van der Waals surface area (Å²) in [4.78, 5) is 75.0. The Labute approximate surface area is 222 Å². The monoisotopic (exact) mass is 548 g/mol. The van der Waals surface area contributed by atoms with E-state index in [1.165, 1.54) is 6.92 Å². The van der Waals surface area contributed by atoms with E-state index in [0.717, 1.165) is 16.5 Å². The number of para-hydroxylation sites is 1. The third-order valence-corrected chi connectivity index (χ3v) is 5.81. The molecule has 0 aliphatic heterocycles. The Morgan fingerprint density at radius 2 is 1.59 bits per heavy atom. The van der Waals surface area contributed by atoms with Gasteiger partial charge in [0.15, 0.2) is 0 Å². The van der Waals surface area contributed by atoms with E-state index in [9.17, 15) is 39.0 Å². The van der Waals surface area contributed by atoms with E-state index in [-0.39, 0.29) is 6.42 Å². The molecule has 2 rings (SSSR count). The second-order valence-electron chi connectivity index (χ2n) is 8.96. The van der Waals surface area contributed by atoms with Gasteiger partial charge in [-0.3, -0.25) is 24.0 Å². The quantitative estimate of drug-likeness (QED) is 0.115. The Morgan fingerprint density at radius 3 is 2.18 bits per heavy atom. The molecule has 1 aromatic heterocycles. The van der Waals surface area contributed by atoms with Crippen molar-refractivity contribution in [3.8, 4) is 0 Å². The average molecular weight is 549 g/mol. The van der Waals surface area contributed by atoms with Gasteiger partial charge in [-0.2, -0.15) is 0 Å². The largest absolute Gasteiger partial charge is 0.481 e. The Hall–Kier alpha value is -4.50. The number of primary amides is 1. The van der Waals surface area contributed by atoms with Crippen molar-refractivity contribution in [2.75, 3.05) is 0 Å². The number of benzene rings is 1. The highest BCUT2D eigenvalue weighted by molar-refractivity contribution is 5.95. The highest BCUT2D eigenvalue weighted by Gasteiger charge is 2.33. The molecular weight excluding hydrogens is 516 g/mol. The van der Waals surface area contributed by atoms with Crippen LogP contribution in [0.3, 0.4) is 0 Å². The van der Waals surface area contributed by atoms with E-state index >= 15 is 0 Å². The summed E-state index contributed by atoms with van der Waals surface area (Å²) in [6.07, 6.45) is -1.46. The molecule has 0 saturated carbocycles. The first kappa shape index (κ1) is 30.7. The van der Waals surface area contributed by atoms with Gasteiger partial charge in [-0.25, -0.2) is 4.79 Å². The van der Waals surface area contributed by atoms with Crippen molar-refractivity contribution >= 4 is 46.5 Å². The summed E-state index contributed by atoms with van der Waals surface area (Å²) in [7, 11) is 0. The summed E-state index contributed by atoms with van der Waals surface area (Å²) in [6, 6.07) is 1.34. The molecule has 11 N–H and O–H groups in total. The third-order valence-electron chi connectivity index (χ3n) is 5.81. The number of amides is 4. The number of carboxylic acids is 2. The summed E-state index contributed by atoms with van der Waals surface area (Å²) in [5, 5.41) is 35.8. The van der Waals surface area contributed by atoms with Crippen molar-refractivity contribution in [1.82, 2.24) is 20.9 Å². The minimum atomic E-state index is -1.73. The molecule has 0 spiro atoms. The number of carbonyl (C=O) groups excluding carboxylic acids is 4. The molecule has 0 fully saturated rings. The zero-order valence-electron chi connectivity index (χ0n) is 21.0. The SMILES string of the molecule is CC(O)C(NC(=O)C(N)Cc1c[nH]c2ccccc12)C(=O)NC(CCC(=O)O)C(=O)NC(CC(N)=O)C(=O)O. The molecule has 0 bridgehead atoms. The van der Waals surface area contributed by atoms with Crippen LogP contribution in [-0.4, -0.2) is 86.1 Å². The highest BCUT2D eigenvalue weighted by atomic mass is 16.4. The minimum absolute atomic E-state index is 0.101. The van der Waals surface area contributed by atoms with E-state index in [0.29, 0.717) is 0 Å².